The van der Waals surface area contributed by atoms with Crippen molar-refractivity contribution < 1.29 is 13.2 Å². The molecule has 0 amide bonds. The molecule has 0 N–H and O–H groups in total. The molecule has 1 heterocycles. The fourth-order valence-electron chi connectivity index (χ4n) is 2.18. The highest BCUT2D eigenvalue weighted by Crippen LogP contribution is 2.21. The van der Waals surface area contributed by atoms with Crippen LogP contribution < -0.4 is 0 Å². The predicted octanol–water partition coefficient (Wildman–Crippen LogP) is 1.36. The van der Waals surface area contributed by atoms with Gasteiger partial charge in [0, 0.05) is 13.1 Å². The number of nitriles is 1. The summed E-state index contributed by atoms with van der Waals surface area (Å²) in [5.41, 5.74) is 0.447. The molecule has 1 aliphatic heterocycles. The van der Waals surface area contributed by atoms with E-state index in [9.17, 15) is 8.42 Å². The average Bonchev–Trinajstić information content (AvgIpc) is 2.37. The molecule has 0 bridgehead atoms. The van der Waals surface area contributed by atoms with Crippen molar-refractivity contribution in [3.05, 3.63) is 29.8 Å². The zero-order valence-electron chi connectivity index (χ0n) is 10.9. The maximum atomic E-state index is 12.5. The van der Waals surface area contributed by atoms with Crippen LogP contribution in [0.25, 0.3) is 0 Å². The molecule has 0 unspecified atom stereocenters. The largest absolute Gasteiger partial charge is 0.373 e. The van der Waals surface area contributed by atoms with Crippen LogP contribution in [0, 0.1) is 11.3 Å². The van der Waals surface area contributed by atoms with Crippen molar-refractivity contribution in [2.45, 2.75) is 31.0 Å². The molecule has 0 radical (unpaired) electrons. The van der Waals surface area contributed by atoms with Crippen molar-refractivity contribution >= 4 is 10.0 Å². The van der Waals surface area contributed by atoms with Gasteiger partial charge in [0.15, 0.2) is 0 Å². The van der Waals surface area contributed by atoms with Crippen molar-refractivity contribution in [3.63, 3.8) is 0 Å². The maximum absolute atomic E-state index is 12.5. The molecule has 6 heteroatoms. The van der Waals surface area contributed by atoms with E-state index in [1.807, 2.05) is 19.9 Å². The maximum Gasteiger partial charge on any atom is 0.243 e. The Morgan fingerprint density at radius 2 is 1.74 bits per heavy atom. The lowest BCUT2D eigenvalue weighted by atomic mass is 10.2. The molecule has 0 aromatic heterocycles. The number of benzene rings is 1. The molecule has 2 atom stereocenters. The van der Waals surface area contributed by atoms with Gasteiger partial charge in [-0.1, -0.05) is 0 Å². The summed E-state index contributed by atoms with van der Waals surface area (Å²) in [6, 6.07) is 7.94. The smallest absolute Gasteiger partial charge is 0.243 e. The Kier molecular flexibility index (Phi) is 3.90. The van der Waals surface area contributed by atoms with E-state index in [4.69, 9.17) is 10.00 Å². The van der Waals surface area contributed by atoms with Gasteiger partial charge in [-0.2, -0.15) is 9.57 Å². The first-order chi connectivity index (χ1) is 8.93. The highest BCUT2D eigenvalue weighted by atomic mass is 32.2. The molecule has 0 saturated carbocycles. The Morgan fingerprint density at radius 1 is 1.21 bits per heavy atom. The van der Waals surface area contributed by atoms with Crippen LogP contribution in [0.1, 0.15) is 19.4 Å². The third-order valence-electron chi connectivity index (χ3n) is 3.01. The number of hydrogen-bond acceptors (Lipinski definition) is 4. The van der Waals surface area contributed by atoms with E-state index in [0.717, 1.165) is 0 Å². The summed E-state index contributed by atoms with van der Waals surface area (Å²) < 4.78 is 31.9. The summed E-state index contributed by atoms with van der Waals surface area (Å²) in [5, 5.41) is 8.72. The first kappa shape index (κ1) is 14.0. The summed E-state index contributed by atoms with van der Waals surface area (Å²) in [7, 11) is -3.51. The molecule has 102 valence electrons. The van der Waals surface area contributed by atoms with Gasteiger partial charge in [0.05, 0.1) is 28.7 Å². The number of ether oxygens (including phenoxy) is 1. The minimum Gasteiger partial charge on any atom is -0.373 e. The molecule has 1 aromatic carbocycles. The number of sulfonamides is 1. The van der Waals surface area contributed by atoms with Gasteiger partial charge in [-0.15, -0.1) is 0 Å². The summed E-state index contributed by atoms with van der Waals surface area (Å²) >= 11 is 0. The van der Waals surface area contributed by atoms with E-state index in [1.165, 1.54) is 28.6 Å². The van der Waals surface area contributed by atoms with Crippen LogP contribution in [0.5, 0.6) is 0 Å². The van der Waals surface area contributed by atoms with E-state index < -0.39 is 10.0 Å². The van der Waals surface area contributed by atoms with Gasteiger partial charge < -0.3 is 4.74 Å². The molecule has 1 fully saturated rings. The monoisotopic (exact) mass is 280 g/mol. The normalized spacial score (nSPS) is 24.9. The lowest BCUT2D eigenvalue weighted by Crippen LogP contribution is -2.48. The van der Waals surface area contributed by atoms with Crippen LogP contribution in [0.2, 0.25) is 0 Å². The second kappa shape index (κ2) is 5.29. The van der Waals surface area contributed by atoms with Crippen molar-refractivity contribution in [3.8, 4) is 6.07 Å². The lowest BCUT2D eigenvalue weighted by Gasteiger charge is -2.34. The van der Waals surface area contributed by atoms with Gasteiger partial charge in [-0.25, -0.2) is 8.42 Å². The van der Waals surface area contributed by atoms with Crippen LogP contribution >= 0.6 is 0 Å². The number of morpholine rings is 1. The molecule has 0 spiro atoms. The molecule has 1 saturated heterocycles. The van der Waals surface area contributed by atoms with Crippen LogP contribution in [0.3, 0.4) is 0 Å². The second-order valence-electron chi connectivity index (χ2n) is 4.72. The lowest BCUT2D eigenvalue weighted by molar-refractivity contribution is -0.0440. The standard InChI is InChI=1S/C13H16N2O3S/c1-10-8-15(9-11(2)18-10)19(16,17)13-5-3-12(7-14)4-6-13/h3-6,10-11H,8-9H2,1-2H3/t10-,11-/m0/s1. The fourth-order valence-corrected chi connectivity index (χ4v) is 3.77. The highest BCUT2D eigenvalue weighted by molar-refractivity contribution is 7.89. The second-order valence-corrected chi connectivity index (χ2v) is 6.65. The topological polar surface area (TPSA) is 70.4 Å². The Labute approximate surface area is 113 Å². The van der Waals surface area contributed by atoms with E-state index in [2.05, 4.69) is 0 Å². The highest BCUT2D eigenvalue weighted by Gasteiger charge is 2.31. The molecule has 1 aliphatic rings. The Morgan fingerprint density at radius 3 is 2.21 bits per heavy atom. The van der Waals surface area contributed by atoms with Gasteiger partial charge in [-0.3, -0.25) is 0 Å². The number of rotatable bonds is 2. The van der Waals surface area contributed by atoms with Crippen LogP contribution in [-0.4, -0.2) is 38.0 Å². The Hall–Kier alpha value is -1.42. The zero-order valence-corrected chi connectivity index (χ0v) is 11.7. The summed E-state index contributed by atoms with van der Waals surface area (Å²) in [6.45, 7) is 4.42. The van der Waals surface area contributed by atoms with E-state index >= 15 is 0 Å². The minimum absolute atomic E-state index is 0.114. The van der Waals surface area contributed by atoms with Crippen molar-refractivity contribution in [1.82, 2.24) is 4.31 Å². The zero-order chi connectivity index (χ0) is 14.0. The van der Waals surface area contributed by atoms with Crippen LogP contribution in [0.4, 0.5) is 0 Å². The van der Waals surface area contributed by atoms with Gasteiger partial charge in [0.25, 0.3) is 0 Å². The van der Waals surface area contributed by atoms with E-state index in [1.54, 1.807) is 0 Å². The van der Waals surface area contributed by atoms with Gasteiger partial charge in [0.1, 0.15) is 0 Å². The van der Waals surface area contributed by atoms with Gasteiger partial charge in [0.2, 0.25) is 10.0 Å². The number of nitrogens with zero attached hydrogens (tertiary/aromatic N) is 2. The molecule has 2 rings (SSSR count). The molecule has 0 aliphatic carbocycles. The molecular weight excluding hydrogens is 264 g/mol. The third kappa shape index (κ3) is 2.95. The number of hydrogen-bond donors (Lipinski definition) is 0. The van der Waals surface area contributed by atoms with Crippen LogP contribution in [-0.2, 0) is 14.8 Å². The fraction of sp³-hybridized carbons (Fsp3) is 0.462. The quantitative estimate of drug-likeness (QED) is 0.820. The van der Waals surface area contributed by atoms with Crippen molar-refractivity contribution in [2.24, 2.45) is 0 Å². The van der Waals surface area contributed by atoms with Gasteiger partial charge in [-0.05, 0) is 38.1 Å². The Balaban J connectivity index is 2.28. The average molecular weight is 280 g/mol. The molecule has 5 nitrogen and oxygen atoms in total. The summed E-state index contributed by atoms with van der Waals surface area (Å²) in [6.07, 6.45) is -0.228. The van der Waals surface area contributed by atoms with Crippen LogP contribution in [0.15, 0.2) is 29.2 Å². The molecule has 19 heavy (non-hydrogen) atoms. The molecule has 1 aromatic rings. The SMILES string of the molecule is C[C@H]1CN(S(=O)(=O)c2ccc(C#N)cc2)C[C@H](C)O1. The van der Waals surface area contributed by atoms with Crippen molar-refractivity contribution in [2.75, 3.05) is 13.1 Å². The van der Waals surface area contributed by atoms with Gasteiger partial charge >= 0.3 is 0 Å². The predicted molar refractivity (Wildman–Crippen MR) is 69.9 cm³/mol. The first-order valence-corrected chi connectivity index (χ1v) is 7.53. The first-order valence-electron chi connectivity index (χ1n) is 6.09. The van der Waals surface area contributed by atoms with E-state index in [-0.39, 0.29) is 17.1 Å². The Bertz CT molecular complexity index is 579. The minimum atomic E-state index is -3.51. The van der Waals surface area contributed by atoms with E-state index in [0.29, 0.717) is 18.7 Å². The third-order valence-corrected chi connectivity index (χ3v) is 4.85. The van der Waals surface area contributed by atoms with Crippen molar-refractivity contribution in [1.29, 1.82) is 5.26 Å². The molecular formula is C13H16N2O3S. The summed E-state index contributed by atoms with van der Waals surface area (Å²) in [4.78, 5) is 0.216. The summed E-state index contributed by atoms with van der Waals surface area (Å²) in [5.74, 6) is 0.